The Balaban J connectivity index is 1.79. The predicted molar refractivity (Wildman–Crippen MR) is 124 cm³/mol. The van der Waals surface area contributed by atoms with Crippen molar-refractivity contribution in [2.24, 2.45) is 12.5 Å². The number of fused-ring (bicyclic) bond motifs is 1. The fourth-order valence-corrected chi connectivity index (χ4v) is 3.60. The molecule has 0 amide bonds. The van der Waals surface area contributed by atoms with Crippen molar-refractivity contribution >= 4 is 11.2 Å². The first-order chi connectivity index (χ1) is 15.7. The molecule has 0 aliphatic heterocycles. The van der Waals surface area contributed by atoms with Gasteiger partial charge in [0.2, 0.25) is 5.88 Å². The van der Waals surface area contributed by atoms with Gasteiger partial charge in [0.1, 0.15) is 17.5 Å². The van der Waals surface area contributed by atoms with Crippen molar-refractivity contribution in [1.82, 2.24) is 19.1 Å². The van der Waals surface area contributed by atoms with Gasteiger partial charge < -0.3 is 4.74 Å². The van der Waals surface area contributed by atoms with Gasteiger partial charge in [0, 0.05) is 25.2 Å². The van der Waals surface area contributed by atoms with Crippen molar-refractivity contribution in [3.05, 3.63) is 70.3 Å². The zero-order chi connectivity index (χ0) is 23.8. The molecule has 0 bridgehead atoms. The van der Waals surface area contributed by atoms with Crippen LogP contribution in [-0.2, 0) is 13.6 Å². The highest BCUT2D eigenvalue weighted by Crippen LogP contribution is 2.30. The highest BCUT2D eigenvalue weighted by molar-refractivity contribution is 5.78. The molecule has 3 heterocycles. The molecule has 3 aromatic heterocycles. The van der Waals surface area contributed by atoms with Crippen LogP contribution >= 0.6 is 0 Å². The van der Waals surface area contributed by atoms with E-state index >= 15 is 0 Å². The second-order valence-corrected chi connectivity index (χ2v) is 8.92. The van der Waals surface area contributed by atoms with Crippen LogP contribution in [-0.4, -0.2) is 19.1 Å². The molecule has 0 fully saturated rings. The summed E-state index contributed by atoms with van der Waals surface area (Å²) in [7, 11) is 1.69. The number of benzene rings is 1. The summed E-state index contributed by atoms with van der Waals surface area (Å²) in [5.74, 6) is 0.724. The summed E-state index contributed by atoms with van der Waals surface area (Å²) in [6, 6.07) is 17.8. The molecule has 0 radical (unpaired) electrons. The summed E-state index contributed by atoms with van der Waals surface area (Å²) in [5, 5.41) is 18.7. The third-order valence-electron chi connectivity index (χ3n) is 5.06. The zero-order valence-corrected chi connectivity index (χ0v) is 18.8. The van der Waals surface area contributed by atoms with Crippen LogP contribution in [0.15, 0.2) is 53.3 Å². The number of hydrogen-bond acceptors (Lipinski definition) is 6. The molecule has 4 rings (SSSR count). The molecular weight excluding hydrogens is 416 g/mol. The maximum absolute atomic E-state index is 12.8. The Morgan fingerprint density at radius 3 is 2.52 bits per heavy atom. The standard InChI is InChI=1S/C25H22N6O2/c1-25(2,3)15-31-21-11-10-20(29-23(21)30(4)24(31)32)19-12-18(9-8-16(19)13-26)33-22-7-5-6-17(14-27)28-22/h5-12H,15H2,1-4H3. The smallest absolute Gasteiger partial charge is 0.330 e. The van der Waals surface area contributed by atoms with E-state index in [9.17, 15) is 10.1 Å². The summed E-state index contributed by atoms with van der Waals surface area (Å²) < 4.78 is 9.06. The maximum atomic E-state index is 12.8. The Labute approximate surface area is 190 Å². The first-order valence-corrected chi connectivity index (χ1v) is 10.4. The summed E-state index contributed by atoms with van der Waals surface area (Å²) >= 11 is 0. The van der Waals surface area contributed by atoms with E-state index in [1.807, 2.05) is 12.1 Å². The van der Waals surface area contributed by atoms with Crippen LogP contribution in [0, 0.1) is 28.1 Å². The topological polar surface area (TPSA) is 110 Å². The van der Waals surface area contributed by atoms with E-state index < -0.39 is 0 Å². The molecule has 164 valence electrons. The van der Waals surface area contributed by atoms with Crippen molar-refractivity contribution in [2.75, 3.05) is 0 Å². The second-order valence-electron chi connectivity index (χ2n) is 8.92. The van der Waals surface area contributed by atoms with Crippen LogP contribution in [0.2, 0.25) is 0 Å². The molecule has 0 aliphatic carbocycles. The fourth-order valence-electron chi connectivity index (χ4n) is 3.60. The molecule has 0 aliphatic rings. The predicted octanol–water partition coefficient (Wildman–Crippen LogP) is 4.38. The Morgan fingerprint density at radius 1 is 1.03 bits per heavy atom. The lowest BCUT2D eigenvalue weighted by atomic mass is 9.97. The lowest BCUT2D eigenvalue weighted by Crippen LogP contribution is -2.27. The molecular formula is C25H22N6O2. The Hall–Kier alpha value is -4.43. The van der Waals surface area contributed by atoms with Crippen molar-refractivity contribution in [2.45, 2.75) is 27.3 Å². The quantitative estimate of drug-likeness (QED) is 0.468. The van der Waals surface area contributed by atoms with E-state index in [4.69, 9.17) is 15.0 Å². The van der Waals surface area contributed by atoms with Gasteiger partial charge >= 0.3 is 5.69 Å². The van der Waals surface area contributed by atoms with Gasteiger partial charge in [-0.1, -0.05) is 26.8 Å². The second kappa shape index (κ2) is 8.25. The molecule has 8 heteroatoms. The Morgan fingerprint density at radius 2 is 1.82 bits per heavy atom. The third kappa shape index (κ3) is 4.32. The summed E-state index contributed by atoms with van der Waals surface area (Å²) in [5.41, 5.74) is 2.86. The van der Waals surface area contributed by atoms with Gasteiger partial charge in [-0.3, -0.25) is 9.13 Å². The molecule has 33 heavy (non-hydrogen) atoms. The van der Waals surface area contributed by atoms with Gasteiger partial charge in [-0.2, -0.15) is 10.5 Å². The van der Waals surface area contributed by atoms with Crippen LogP contribution in [0.4, 0.5) is 0 Å². The van der Waals surface area contributed by atoms with Crippen molar-refractivity contribution in [1.29, 1.82) is 10.5 Å². The molecule has 4 aromatic rings. The van der Waals surface area contributed by atoms with Gasteiger partial charge in [0.05, 0.1) is 22.8 Å². The summed E-state index contributed by atoms with van der Waals surface area (Å²) in [4.78, 5) is 21.7. The minimum absolute atomic E-state index is 0.0761. The SMILES string of the molecule is Cn1c(=O)n(CC(C)(C)C)c2ccc(-c3cc(Oc4cccc(C#N)n4)ccc3C#N)nc21. The summed E-state index contributed by atoms with van der Waals surface area (Å²) in [6.45, 7) is 6.79. The molecule has 0 N–H and O–H groups in total. The minimum Gasteiger partial charge on any atom is -0.439 e. The highest BCUT2D eigenvalue weighted by atomic mass is 16.5. The van der Waals surface area contributed by atoms with Crippen molar-refractivity contribution in [3.63, 3.8) is 0 Å². The molecule has 0 saturated carbocycles. The third-order valence-corrected chi connectivity index (χ3v) is 5.06. The van der Waals surface area contributed by atoms with Crippen LogP contribution in [0.1, 0.15) is 32.0 Å². The largest absolute Gasteiger partial charge is 0.439 e. The first kappa shape index (κ1) is 21.8. The van der Waals surface area contributed by atoms with Crippen molar-refractivity contribution < 1.29 is 4.74 Å². The van der Waals surface area contributed by atoms with E-state index in [-0.39, 0.29) is 22.7 Å². The summed E-state index contributed by atoms with van der Waals surface area (Å²) in [6.07, 6.45) is 0. The molecule has 1 aromatic carbocycles. The van der Waals surface area contributed by atoms with E-state index in [1.165, 1.54) is 4.57 Å². The number of pyridine rings is 2. The number of hydrogen-bond donors (Lipinski definition) is 0. The van der Waals surface area contributed by atoms with Crippen LogP contribution in [0.5, 0.6) is 11.6 Å². The number of ether oxygens (including phenoxy) is 1. The molecule has 0 saturated heterocycles. The number of nitriles is 2. The molecule has 0 spiro atoms. The average Bonchev–Trinajstić information content (AvgIpc) is 3.02. The number of imidazole rings is 1. The van der Waals surface area contributed by atoms with Crippen LogP contribution < -0.4 is 10.4 Å². The Kier molecular flexibility index (Phi) is 5.45. The van der Waals surface area contributed by atoms with Gasteiger partial charge in [-0.15, -0.1) is 0 Å². The fraction of sp³-hybridized carbons (Fsp3) is 0.240. The maximum Gasteiger partial charge on any atom is 0.330 e. The van der Waals surface area contributed by atoms with Crippen molar-refractivity contribution in [3.8, 4) is 35.0 Å². The Bertz CT molecular complexity index is 1510. The van der Waals surface area contributed by atoms with E-state index in [0.717, 1.165) is 5.52 Å². The number of nitrogens with zero attached hydrogens (tertiary/aromatic N) is 6. The van der Waals surface area contributed by atoms with Crippen LogP contribution in [0.3, 0.4) is 0 Å². The van der Waals surface area contributed by atoms with Crippen LogP contribution in [0.25, 0.3) is 22.4 Å². The molecule has 0 unspecified atom stereocenters. The first-order valence-electron chi connectivity index (χ1n) is 10.4. The van der Waals surface area contributed by atoms with E-state index in [2.05, 4.69) is 31.8 Å². The zero-order valence-electron chi connectivity index (χ0n) is 18.8. The minimum atomic E-state index is -0.134. The number of aromatic nitrogens is 4. The van der Waals surface area contributed by atoms with Gasteiger partial charge in [-0.05, 0) is 41.8 Å². The highest BCUT2D eigenvalue weighted by Gasteiger charge is 2.19. The van der Waals surface area contributed by atoms with E-state index in [0.29, 0.717) is 34.8 Å². The lowest BCUT2D eigenvalue weighted by molar-refractivity contribution is 0.342. The monoisotopic (exact) mass is 438 g/mol. The molecule has 0 atom stereocenters. The molecule has 8 nitrogen and oxygen atoms in total. The number of rotatable bonds is 4. The average molecular weight is 438 g/mol. The normalized spacial score (nSPS) is 11.2. The lowest BCUT2D eigenvalue weighted by Gasteiger charge is -2.18. The van der Waals surface area contributed by atoms with Gasteiger partial charge in [0.25, 0.3) is 0 Å². The van der Waals surface area contributed by atoms with E-state index in [1.54, 1.807) is 54.1 Å². The number of aryl methyl sites for hydroxylation is 1. The van der Waals surface area contributed by atoms with Gasteiger partial charge in [-0.25, -0.2) is 14.8 Å². The van der Waals surface area contributed by atoms with Gasteiger partial charge in [0.15, 0.2) is 5.65 Å².